The van der Waals surface area contributed by atoms with Crippen molar-refractivity contribution < 1.29 is 29.4 Å². The largest absolute Gasteiger partial charge is 0.437 e. The second-order valence-corrected chi connectivity index (χ2v) is 13.4. The fourth-order valence-electron chi connectivity index (χ4n) is 7.25. The first-order chi connectivity index (χ1) is 23.9. The number of nitrogens with two attached hydrogens (primary N) is 1. The standard InChI is InChI=1S/C40H42N4O5/c1-2-3-4-7-28(45)21-29(46)11-8-25-9-15-37-38(19-25)49-40-26(6-5-18-48-37)10-14-36(47)31-12-13-32-30(16-17-42-39(32)41)33(31)20-27-22-43-35-24-44(40)23-34(27)35/h9,12-13,15-17,19,22-23,26,28,36,39-40,42,45,47H,2-4,6-8,11,20-21,24,41H2,1H3/p+1. The van der Waals surface area contributed by atoms with Gasteiger partial charge in [-0.2, -0.15) is 0 Å². The molecule has 49 heavy (non-hydrogen) atoms. The third kappa shape index (κ3) is 7.08. The molecular weight excluding hydrogens is 616 g/mol. The maximum absolute atomic E-state index is 12.7. The van der Waals surface area contributed by atoms with Crippen LogP contribution >= 0.6 is 0 Å². The normalized spacial score (nSPS) is 24.8. The summed E-state index contributed by atoms with van der Waals surface area (Å²) in [6.45, 7) is 2.74. The summed E-state index contributed by atoms with van der Waals surface area (Å²) >= 11 is 0. The van der Waals surface area contributed by atoms with Crippen molar-refractivity contribution in [1.82, 2.24) is 5.32 Å². The highest BCUT2D eigenvalue weighted by Crippen LogP contribution is 2.36. The van der Waals surface area contributed by atoms with Crippen molar-refractivity contribution in [3.05, 3.63) is 87.9 Å². The van der Waals surface area contributed by atoms with Crippen LogP contribution in [0.2, 0.25) is 0 Å². The molecule has 9 heteroatoms. The Kier molecular flexibility index (Phi) is 9.70. The molecule has 5 aliphatic heterocycles. The van der Waals surface area contributed by atoms with E-state index in [0.717, 1.165) is 68.8 Å². The van der Waals surface area contributed by atoms with E-state index >= 15 is 0 Å². The van der Waals surface area contributed by atoms with Crippen LogP contribution in [0.1, 0.15) is 92.0 Å². The van der Waals surface area contributed by atoms with E-state index in [4.69, 9.17) is 20.2 Å². The van der Waals surface area contributed by atoms with Gasteiger partial charge < -0.3 is 30.7 Å². The van der Waals surface area contributed by atoms with Gasteiger partial charge in [-0.05, 0) is 70.6 Å². The highest BCUT2D eigenvalue weighted by atomic mass is 16.5. The number of hydrogen-bond donors (Lipinski definition) is 5. The molecule has 0 aromatic heterocycles. The number of nitrogens with zero attached hydrogens (tertiary/aromatic N) is 1. The van der Waals surface area contributed by atoms with Gasteiger partial charge in [0.05, 0.1) is 11.7 Å². The van der Waals surface area contributed by atoms with E-state index < -0.39 is 18.4 Å². The van der Waals surface area contributed by atoms with Crippen molar-refractivity contribution in [3.63, 3.8) is 0 Å². The number of unbranched alkanes of at least 4 members (excludes halogenated alkanes) is 2. The molecule has 0 saturated carbocycles. The number of aliphatic hydroxyl groups excluding tert-OH is 2. The average molecular weight is 660 g/mol. The summed E-state index contributed by atoms with van der Waals surface area (Å²) < 4.78 is 12.7. The first kappa shape index (κ1) is 32.9. The SMILES string of the molecule is CCCCCC(O)CC(=O)CCc1ccc2c(c1)OC1C(C#CC(O)c3ccc4c(c3CC3=CN=C5C[NH+]1C=C35)C=CNC4N)CC#CO2. The van der Waals surface area contributed by atoms with Crippen LogP contribution in [-0.2, 0) is 17.6 Å². The smallest absolute Gasteiger partial charge is 0.251 e. The van der Waals surface area contributed by atoms with E-state index in [1.807, 2.05) is 48.8 Å². The first-order valence-electron chi connectivity index (χ1n) is 17.4. The molecule has 0 radical (unpaired) electrons. The fourth-order valence-corrected chi connectivity index (χ4v) is 7.25. The van der Waals surface area contributed by atoms with Crippen molar-refractivity contribution in [1.29, 1.82) is 0 Å². The Hall–Kier alpha value is -4.64. The van der Waals surface area contributed by atoms with Crippen molar-refractivity contribution in [3.8, 4) is 35.4 Å². The zero-order valence-corrected chi connectivity index (χ0v) is 27.8. The van der Waals surface area contributed by atoms with E-state index in [2.05, 4.69) is 42.3 Å². The van der Waals surface area contributed by atoms with Crippen molar-refractivity contribution in [2.24, 2.45) is 16.6 Å². The molecule has 6 N–H and O–H groups in total. The number of Topliss-reactive ketones (excluding diaryl/α,β-unsaturated/α-hetero) is 1. The van der Waals surface area contributed by atoms with E-state index in [9.17, 15) is 15.0 Å². The summed E-state index contributed by atoms with van der Waals surface area (Å²) in [6, 6.07) is 9.57. The molecule has 2 bridgehead atoms. The molecule has 2 aromatic carbocycles. The number of carbonyl (C=O) groups excluding carboxylic acids is 1. The summed E-state index contributed by atoms with van der Waals surface area (Å²) in [4.78, 5) is 18.6. The number of aliphatic hydroxyl groups is 2. The first-order valence-corrected chi connectivity index (χ1v) is 17.4. The molecule has 7 rings (SSSR count). The minimum absolute atomic E-state index is 0.0470. The molecule has 5 aliphatic rings. The zero-order chi connectivity index (χ0) is 33.9. The molecule has 0 aliphatic carbocycles. The molecule has 9 nitrogen and oxygen atoms in total. The third-order valence-electron chi connectivity index (χ3n) is 9.93. The molecule has 5 heterocycles. The van der Waals surface area contributed by atoms with Crippen LogP contribution in [0.4, 0.5) is 0 Å². The lowest BCUT2D eigenvalue weighted by molar-refractivity contribution is -0.886. The van der Waals surface area contributed by atoms with Gasteiger partial charge in [-0.1, -0.05) is 62.1 Å². The summed E-state index contributed by atoms with van der Waals surface area (Å²) in [6.07, 6.45) is 14.1. The van der Waals surface area contributed by atoms with Crippen LogP contribution in [0, 0.1) is 29.8 Å². The lowest BCUT2D eigenvalue weighted by atomic mass is 9.86. The number of quaternary nitrogens is 1. The van der Waals surface area contributed by atoms with E-state index in [0.29, 0.717) is 50.1 Å². The summed E-state index contributed by atoms with van der Waals surface area (Å²) in [5, 5.41) is 25.0. The van der Waals surface area contributed by atoms with Crippen LogP contribution < -0.4 is 25.4 Å². The van der Waals surface area contributed by atoms with Gasteiger partial charge in [-0.25, -0.2) is 0 Å². The van der Waals surface area contributed by atoms with Gasteiger partial charge >= 0.3 is 0 Å². The Morgan fingerprint density at radius 1 is 1.18 bits per heavy atom. The molecule has 6 atom stereocenters. The Balaban J connectivity index is 1.18. The monoisotopic (exact) mass is 659 g/mol. The average Bonchev–Trinajstić information content (AvgIpc) is 3.70. The van der Waals surface area contributed by atoms with Crippen molar-refractivity contribution in [2.45, 2.75) is 89.3 Å². The number of carbonyl (C=O) groups is 1. The van der Waals surface area contributed by atoms with Gasteiger partial charge in [0, 0.05) is 31.9 Å². The van der Waals surface area contributed by atoms with Gasteiger partial charge in [-0.3, -0.25) is 14.7 Å². The van der Waals surface area contributed by atoms with Crippen LogP contribution in [0.5, 0.6) is 11.5 Å². The Morgan fingerprint density at radius 2 is 2.06 bits per heavy atom. The molecular formula is C40H43N4O5+. The van der Waals surface area contributed by atoms with Crippen LogP contribution in [-0.4, -0.2) is 40.6 Å². The number of aryl methyl sites for hydroxylation is 1. The number of rotatable bonds is 9. The predicted molar refractivity (Wildman–Crippen MR) is 187 cm³/mol. The van der Waals surface area contributed by atoms with Gasteiger partial charge in [0.25, 0.3) is 6.23 Å². The quantitative estimate of drug-likeness (QED) is 0.206. The van der Waals surface area contributed by atoms with E-state index in [1.54, 1.807) is 0 Å². The second-order valence-electron chi connectivity index (χ2n) is 13.4. The molecule has 0 spiro atoms. The number of fused-ring (bicyclic) bond motifs is 7. The van der Waals surface area contributed by atoms with Crippen LogP contribution in [0.15, 0.2) is 65.1 Å². The lowest BCUT2D eigenvalue weighted by Gasteiger charge is -2.28. The van der Waals surface area contributed by atoms with Crippen molar-refractivity contribution >= 4 is 17.6 Å². The maximum atomic E-state index is 12.7. The topological polar surface area (TPSA) is 131 Å². The highest BCUT2D eigenvalue weighted by Gasteiger charge is 2.40. The zero-order valence-electron chi connectivity index (χ0n) is 27.8. The predicted octanol–water partition coefficient (Wildman–Crippen LogP) is 3.53. The van der Waals surface area contributed by atoms with Crippen molar-refractivity contribution in [2.75, 3.05) is 6.54 Å². The number of nitrogens with one attached hydrogen (secondary N) is 2. The van der Waals surface area contributed by atoms with E-state index in [-0.39, 0.29) is 24.3 Å². The molecule has 6 unspecified atom stereocenters. The number of ether oxygens (including phenoxy) is 2. The summed E-state index contributed by atoms with van der Waals surface area (Å²) in [5.41, 5.74) is 14.2. The number of allylic oxidation sites excluding steroid dienone is 1. The number of ketones is 1. The minimum Gasteiger partial charge on any atom is -0.437 e. The molecule has 0 saturated heterocycles. The van der Waals surface area contributed by atoms with Gasteiger partial charge in [0.2, 0.25) is 0 Å². The Labute approximate surface area is 287 Å². The van der Waals surface area contributed by atoms with Gasteiger partial charge in [0.1, 0.15) is 48.5 Å². The van der Waals surface area contributed by atoms with E-state index in [1.165, 1.54) is 0 Å². The summed E-state index contributed by atoms with van der Waals surface area (Å²) in [7, 11) is 0. The molecule has 2 aromatic rings. The fraction of sp³-hybridized carbons (Fsp3) is 0.400. The number of benzene rings is 2. The molecule has 0 amide bonds. The Morgan fingerprint density at radius 3 is 2.94 bits per heavy atom. The maximum Gasteiger partial charge on any atom is 0.251 e. The number of hydrogen-bond acceptors (Lipinski definition) is 8. The molecule has 0 fully saturated rings. The molecule has 252 valence electrons. The van der Waals surface area contributed by atoms with Gasteiger partial charge in [0.15, 0.2) is 11.5 Å². The van der Waals surface area contributed by atoms with Gasteiger partial charge in [-0.15, -0.1) is 0 Å². The lowest BCUT2D eigenvalue weighted by Crippen LogP contribution is -3.13. The third-order valence-corrected chi connectivity index (χ3v) is 9.93. The highest BCUT2D eigenvalue weighted by molar-refractivity contribution is 6.08. The van der Waals surface area contributed by atoms with Crippen LogP contribution in [0.25, 0.3) is 6.08 Å². The number of aliphatic imine (C=N–C) groups is 1. The Bertz CT molecular complexity index is 1890. The summed E-state index contributed by atoms with van der Waals surface area (Å²) in [5.74, 6) is 10.3. The van der Waals surface area contributed by atoms with Crippen LogP contribution in [0.3, 0.4) is 0 Å². The minimum atomic E-state index is -1.03. The second kappa shape index (κ2) is 14.5.